The maximum absolute atomic E-state index is 12.0. The molecule has 1 aromatic rings. The van der Waals surface area contributed by atoms with Crippen molar-refractivity contribution in [2.24, 2.45) is 5.92 Å². The topological polar surface area (TPSA) is 66.8 Å². The van der Waals surface area contributed by atoms with Gasteiger partial charge in [0.1, 0.15) is 6.61 Å². The number of aliphatic carboxylic acids is 1. The molecule has 1 N–H and O–H groups in total. The molecule has 0 atom stereocenters. The van der Waals surface area contributed by atoms with Crippen molar-refractivity contribution in [3.8, 4) is 0 Å². The monoisotopic (exact) mass is 289 g/mol. The number of amides is 1. The van der Waals surface area contributed by atoms with Gasteiger partial charge in [0.2, 0.25) is 0 Å². The molecule has 0 saturated heterocycles. The van der Waals surface area contributed by atoms with Crippen molar-refractivity contribution < 1.29 is 19.4 Å². The SMILES string of the molecule is CC(C)C1=C(C(=O)O)CN(C(=O)OCc2ccccc2)C1. The molecule has 21 heavy (non-hydrogen) atoms. The van der Waals surface area contributed by atoms with Crippen LogP contribution in [0.3, 0.4) is 0 Å². The maximum atomic E-state index is 12.0. The molecule has 0 aromatic heterocycles. The normalized spacial score (nSPS) is 14.7. The molecule has 1 aromatic carbocycles. The molecule has 112 valence electrons. The van der Waals surface area contributed by atoms with E-state index in [4.69, 9.17) is 4.74 Å². The van der Waals surface area contributed by atoms with Crippen LogP contribution in [0.2, 0.25) is 0 Å². The lowest BCUT2D eigenvalue weighted by atomic mass is 10.00. The summed E-state index contributed by atoms with van der Waals surface area (Å²) >= 11 is 0. The van der Waals surface area contributed by atoms with Crippen molar-refractivity contribution in [1.82, 2.24) is 4.90 Å². The van der Waals surface area contributed by atoms with E-state index >= 15 is 0 Å². The predicted octanol–water partition coefficient (Wildman–Crippen LogP) is 2.68. The molecule has 5 nitrogen and oxygen atoms in total. The fourth-order valence-corrected chi connectivity index (χ4v) is 2.33. The zero-order chi connectivity index (χ0) is 15.4. The van der Waals surface area contributed by atoms with E-state index in [9.17, 15) is 14.7 Å². The third-order valence-electron chi connectivity index (χ3n) is 3.52. The van der Waals surface area contributed by atoms with Crippen LogP contribution in [0.15, 0.2) is 41.5 Å². The van der Waals surface area contributed by atoms with Crippen molar-refractivity contribution >= 4 is 12.1 Å². The number of ether oxygens (including phenoxy) is 1. The van der Waals surface area contributed by atoms with E-state index in [1.165, 1.54) is 4.90 Å². The van der Waals surface area contributed by atoms with Gasteiger partial charge in [0, 0.05) is 6.54 Å². The highest BCUT2D eigenvalue weighted by atomic mass is 16.6. The maximum Gasteiger partial charge on any atom is 0.410 e. The first-order valence-electron chi connectivity index (χ1n) is 6.90. The molecule has 0 unspecified atom stereocenters. The lowest BCUT2D eigenvalue weighted by Crippen LogP contribution is -2.30. The van der Waals surface area contributed by atoms with Gasteiger partial charge in [0.15, 0.2) is 0 Å². The summed E-state index contributed by atoms with van der Waals surface area (Å²) in [5, 5.41) is 9.20. The van der Waals surface area contributed by atoms with Crippen molar-refractivity contribution in [1.29, 1.82) is 0 Å². The molecule has 1 heterocycles. The Morgan fingerprint density at radius 3 is 2.43 bits per heavy atom. The Labute approximate surface area is 123 Å². The zero-order valence-electron chi connectivity index (χ0n) is 12.2. The second kappa shape index (κ2) is 6.43. The minimum atomic E-state index is -0.961. The number of hydrogen-bond acceptors (Lipinski definition) is 3. The number of hydrogen-bond donors (Lipinski definition) is 1. The molecule has 5 heteroatoms. The Morgan fingerprint density at radius 2 is 1.90 bits per heavy atom. The van der Waals surface area contributed by atoms with E-state index in [0.29, 0.717) is 12.1 Å². The molecule has 0 radical (unpaired) electrons. The van der Waals surface area contributed by atoms with E-state index in [1.54, 1.807) is 0 Å². The van der Waals surface area contributed by atoms with E-state index in [-0.39, 0.29) is 19.1 Å². The smallest absolute Gasteiger partial charge is 0.410 e. The van der Waals surface area contributed by atoms with E-state index < -0.39 is 12.1 Å². The minimum Gasteiger partial charge on any atom is -0.478 e. The Hall–Kier alpha value is -2.30. The minimum absolute atomic E-state index is 0.100. The van der Waals surface area contributed by atoms with Gasteiger partial charge >= 0.3 is 12.1 Å². The highest BCUT2D eigenvalue weighted by Crippen LogP contribution is 2.25. The van der Waals surface area contributed by atoms with Crippen molar-refractivity contribution in [2.45, 2.75) is 20.5 Å². The van der Waals surface area contributed by atoms with Crippen LogP contribution in [0.5, 0.6) is 0 Å². The molecule has 1 amide bonds. The lowest BCUT2D eigenvalue weighted by molar-refractivity contribution is -0.132. The largest absolute Gasteiger partial charge is 0.478 e. The van der Waals surface area contributed by atoms with Crippen molar-refractivity contribution in [3.05, 3.63) is 47.0 Å². The summed E-state index contributed by atoms with van der Waals surface area (Å²) in [6.45, 7) is 4.48. The summed E-state index contributed by atoms with van der Waals surface area (Å²) in [5.41, 5.74) is 2.00. The molecule has 0 spiro atoms. The number of carbonyl (C=O) groups excluding carboxylic acids is 1. The molecule has 2 rings (SSSR count). The quantitative estimate of drug-likeness (QED) is 0.925. The molecule has 1 aliphatic heterocycles. The van der Waals surface area contributed by atoms with Crippen molar-refractivity contribution in [3.63, 3.8) is 0 Å². The van der Waals surface area contributed by atoms with Crippen LogP contribution in [-0.2, 0) is 16.1 Å². The first kappa shape index (κ1) is 15.1. The fourth-order valence-electron chi connectivity index (χ4n) is 2.33. The van der Waals surface area contributed by atoms with E-state index in [2.05, 4.69) is 0 Å². The Bertz CT molecular complexity index is 563. The van der Waals surface area contributed by atoms with Gasteiger partial charge in [-0.3, -0.25) is 4.90 Å². The summed E-state index contributed by atoms with van der Waals surface area (Å²) in [6, 6.07) is 9.39. The lowest BCUT2D eigenvalue weighted by Gasteiger charge is -2.17. The number of nitrogens with zero attached hydrogens (tertiary/aromatic N) is 1. The van der Waals surface area contributed by atoms with Crippen LogP contribution in [0.25, 0.3) is 0 Å². The number of carboxylic acid groups (broad SMARTS) is 1. The van der Waals surface area contributed by atoms with Crippen molar-refractivity contribution in [2.75, 3.05) is 13.1 Å². The average molecular weight is 289 g/mol. The van der Waals surface area contributed by atoms with Gasteiger partial charge in [-0.1, -0.05) is 44.2 Å². The standard InChI is InChI=1S/C16H19NO4/c1-11(2)13-8-17(9-14(13)15(18)19)16(20)21-10-12-6-4-3-5-7-12/h3-7,11H,8-10H2,1-2H3,(H,18,19). The van der Waals surface area contributed by atoms with Crippen LogP contribution in [0.4, 0.5) is 4.79 Å². The number of benzene rings is 1. The van der Waals surface area contributed by atoms with E-state index in [1.807, 2.05) is 44.2 Å². The molecule has 0 aliphatic carbocycles. The van der Waals surface area contributed by atoms with Gasteiger partial charge in [-0.15, -0.1) is 0 Å². The van der Waals surface area contributed by atoms with Crippen LogP contribution < -0.4 is 0 Å². The molecule has 0 fully saturated rings. The van der Waals surface area contributed by atoms with Gasteiger partial charge in [-0.05, 0) is 17.1 Å². The summed E-state index contributed by atoms with van der Waals surface area (Å²) in [6.07, 6.45) is -0.478. The average Bonchev–Trinajstić information content (AvgIpc) is 2.91. The number of carbonyl (C=O) groups is 2. The van der Waals surface area contributed by atoms with Gasteiger partial charge in [-0.25, -0.2) is 9.59 Å². The summed E-state index contributed by atoms with van der Waals surface area (Å²) < 4.78 is 5.24. The summed E-state index contributed by atoms with van der Waals surface area (Å²) in [4.78, 5) is 24.7. The first-order valence-corrected chi connectivity index (χ1v) is 6.90. The van der Waals surface area contributed by atoms with Crippen LogP contribution >= 0.6 is 0 Å². The highest BCUT2D eigenvalue weighted by molar-refractivity contribution is 5.90. The summed E-state index contributed by atoms with van der Waals surface area (Å²) in [5.74, 6) is -0.861. The Balaban J connectivity index is 1.95. The molecular formula is C16H19NO4. The van der Waals surface area contributed by atoms with Gasteiger partial charge in [0.05, 0.1) is 12.1 Å². The van der Waals surface area contributed by atoms with Gasteiger partial charge in [0.25, 0.3) is 0 Å². The second-order valence-electron chi connectivity index (χ2n) is 5.36. The predicted molar refractivity (Wildman–Crippen MR) is 77.7 cm³/mol. The third-order valence-corrected chi connectivity index (χ3v) is 3.52. The fraction of sp³-hybridized carbons (Fsp3) is 0.375. The van der Waals surface area contributed by atoms with E-state index in [0.717, 1.165) is 11.1 Å². The molecular weight excluding hydrogens is 270 g/mol. The van der Waals surface area contributed by atoms with Gasteiger partial charge < -0.3 is 9.84 Å². The van der Waals surface area contributed by atoms with Gasteiger partial charge in [-0.2, -0.15) is 0 Å². The second-order valence-corrected chi connectivity index (χ2v) is 5.36. The Kier molecular flexibility index (Phi) is 4.62. The summed E-state index contributed by atoms with van der Waals surface area (Å²) in [7, 11) is 0. The highest BCUT2D eigenvalue weighted by Gasteiger charge is 2.31. The van der Waals surface area contributed by atoms with Crippen LogP contribution in [0, 0.1) is 5.92 Å². The Morgan fingerprint density at radius 1 is 1.24 bits per heavy atom. The van der Waals surface area contributed by atoms with Crippen LogP contribution in [-0.4, -0.2) is 35.2 Å². The molecule has 1 aliphatic rings. The molecule has 0 bridgehead atoms. The third kappa shape index (κ3) is 3.62. The zero-order valence-corrected chi connectivity index (χ0v) is 12.2. The number of rotatable bonds is 4. The number of carboxylic acids is 1. The molecule has 0 saturated carbocycles. The first-order chi connectivity index (χ1) is 9.99. The van der Waals surface area contributed by atoms with Crippen LogP contribution in [0.1, 0.15) is 19.4 Å².